The van der Waals surface area contributed by atoms with Gasteiger partial charge in [0, 0.05) is 0 Å². The smallest absolute Gasteiger partial charge is 0.137 e. The normalized spacial score (nSPS) is 29.6. The van der Waals surface area contributed by atoms with Crippen molar-refractivity contribution in [3.63, 3.8) is 0 Å². The van der Waals surface area contributed by atoms with E-state index in [2.05, 4.69) is 17.4 Å². The minimum atomic E-state index is -1.11. The highest BCUT2D eigenvalue weighted by Crippen LogP contribution is 2.39. The maximum absolute atomic E-state index is 15.0. The molecular weight excluding hydrogens is 225 g/mol. The Labute approximate surface area is 109 Å². The zero-order valence-electron chi connectivity index (χ0n) is 10.9. The third-order valence-electron chi connectivity index (χ3n) is 4.63. The van der Waals surface area contributed by atoms with E-state index in [4.69, 9.17) is 0 Å². The summed E-state index contributed by atoms with van der Waals surface area (Å²) in [5.41, 5.74) is 1.18. The highest BCUT2D eigenvalue weighted by atomic mass is 19.1. The fraction of sp³-hybridized carbons (Fsp3) is 0.625. The SMILES string of the molecule is FC1(c2ccc(C3CCC3)cc2)CCCNCC1. The van der Waals surface area contributed by atoms with Gasteiger partial charge in [-0.1, -0.05) is 30.7 Å². The first-order chi connectivity index (χ1) is 8.78. The van der Waals surface area contributed by atoms with E-state index in [1.54, 1.807) is 0 Å². The average molecular weight is 247 g/mol. The Balaban J connectivity index is 1.77. The first kappa shape index (κ1) is 12.2. The Hall–Kier alpha value is -0.890. The molecule has 98 valence electrons. The van der Waals surface area contributed by atoms with Crippen molar-refractivity contribution in [3.05, 3.63) is 35.4 Å². The molecular formula is C16H22FN. The molecule has 0 amide bonds. The molecule has 2 fully saturated rings. The van der Waals surface area contributed by atoms with Crippen LogP contribution in [0.5, 0.6) is 0 Å². The fourth-order valence-corrected chi connectivity index (χ4v) is 3.11. The zero-order valence-corrected chi connectivity index (χ0v) is 10.9. The molecule has 0 bridgehead atoms. The summed E-state index contributed by atoms with van der Waals surface area (Å²) in [6.45, 7) is 1.74. The molecule has 1 aliphatic carbocycles. The van der Waals surface area contributed by atoms with E-state index in [-0.39, 0.29) is 0 Å². The molecule has 0 radical (unpaired) electrons. The van der Waals surface area contributed by atoms with E-state index < -0.39 is 5.67 Å². The van der Waals surface area contributed by atoms with Crippen molar-refractivity contribution in [2.24, 2.45) is 0 Å². The van der Waals surface area contributed by atoms with Gasteiger partial charge in [-0.15, -0.1) is 0 Å². The molecule has 1 nitrogen and oxygen atoms in total. The number of halogens is 1. The summed E-state index contributed by atoms with van der Waals surface area (Å²) in [5, 5.41) is 3.28. The van der Waals surface area contributed by atoms with Gasteiger partial charge in [0.1, 0.15) is 5.67 Å². The van der Waals surface area contributed by atoms with Gasteiger partial charge in [-0.05, 0) is 62.2 Å². The van der Waals surface area contributed by atoms with Gasteiger partial charge in [-0.2, -0.15) is 0 Å². The third-order valence-corrected chi connectivity index (χ3v) is 4.63. The summed E-state index contributed by atoms with van der Waals surface area (Å²) in [7, 11) is 0. The van der Waals surface area contributed by atoms with Crippen molar-refractivity contribution in [2.75, 3.05) is 13.1 Å². The molecule has 1 saturated heterocycles. The first-order valence-electron chi connectivity index (χ1n) is 7.28. The van der Waals surface area contributed by atoms with Gasteiger partial charge in [-0.3, -0.25) is 0 Å². The van der Waals surface area contributed by atoms with Crippen molar-refractivity contribution >= 4 is 0 Å². The van der Waals surface area contributed by atoms with Crippen molar-refractivity contribution < 1.29 is 4.39 Å². The standard InChI is InChI=1S/C16H22FN/c17-16(9-2-11-18-12-10-16)15-7-5-14(6-8-15)13-3-1-4-13/h5-8,13,18H,1-4,9-12H2. The maximum atomic E-state index is 15.0. The largest absolute Gasteiger partial charge is 0.317 e. The van der Waals surface area contributed by atoms with Crippen LogP contribution in [-0.4, -0.2) is 13.1 Å². The molecule has 1 aromatic rings. The van der Waals surface area contributed by atoms with Crippen LogP contribution in [0.25, 0.3) is 0 Å². The quantitative estimate of drug-likeness (QED) is 0.836. The minimum Gasteiger partial charge on any atom is -0.317 e. The predicted molar refractivity (Wildman–Crippen MR) is 72.5 cm³/mol. The lowest BCUT2D eigenvalue weighted by atomic mass is 9.79. The van der Waals surface area contributed by atoms with E-state index in [1.165, 1.54) is 24.8 Å². The minimum absolute atomic E-state index is 0.607. The first-order valence-corrected chi connectivity index (χ1v) is 7.28. The number of benzene rings is 1. The lowest BCUT2D eigenvalue weighted by molar-refractivity contribution is 0.145. The summed E-state index contributed by atoms with van der Waals surface area (Å²) in [4.78, 5) is 0. The van der Waals surface area contributed by atoms with Crippen molar-refractivity contribution in [1.29, 1.82) is 0 Å². The second kappa shape index (κ2) is 5.00. The topological polar surface area (TPSA) is 12.0 Å². The third kappa shape index (κ3) is 2.31. The molecule has 1 unspecified atom stereocenters. The van der Waals surface area contributed by atoms with Crippen LogP contribution in [0, 0.1) is 0 Å². The van der Waals surface area contributed by atoms with Crippen molar-refractivity contribution in [3.8, 4) is 0 Å². The number of rotatable bonds is 2. The Kier molecular flexibility index (Phi) is 3.38. The van der Waals surface area contributed by atoms with Gasteiger partial charge in [0.2, 0.25) is 0 Å². The fourth-order valence-electron chi connectivity index (χ4n) is 3.11. The number of nitrogens with one attached hydrogen (secondary N) is 1. The molecule has 1 aromatic carbocycles. The molecule has 1 heterocycles. The second-order valence-electron chi connectivity index (χ2n) is 5.82. The molecule has 18 heavy (non-hydrogen) atoms. The Morgan fingerprint density at radius 3 is 2.44 bits per heavy atom. The second-order valence-corrected chi connectivity index (χ2v) is 5.82. The molecule has 0 aromatic heterocycles. The Morgan fingerprint density at radius 1 is 1.00 bits per heavy atom. The molecule has 1 saturated carbocycles. The molecule has 1 N–H and O–H groups in total. The average Bonchev–Trinajstić information content (AvgIpc) is 2.54. The van der Waals surface area contributed by atoms with Crippen LogP contribution in [-0.2, 0) is 5.67 Å². The van der Waals surface area contributed by atoms with Crippen LogP contribution in [0.4, 0.5) is 4.39 Å². The summed E-state index contributed by atoms with van der Waals surface area (Å²) in [6, 6.07) is 8.36. The van der Waals surface area contributed by atoms with Crippen LogP contribution in [0.15, 0.2) is 24.3 Å². The molecule has 0 spiro atoms. The number of hydrogen-bond acceptors (Lipinski definition) is 1. The van der Waals surface area contributed by atoms with Crippen LogP contribution in [0.2, 0.25) is 0 Å². The van der Waals surface area contributed by atoms with E-state index in [9.17, 15) is 4.39 Å². The molecule has 3 rings (SSSR count). The summed E-state index contributed by atoms with van der Waals surface area (Å²) < 4.78 is 15.0. The molecule has 1 aliphatic heterocycles. The van der Waals surface area contributed by atoms with Gasteiger partial charge < -0.3 is 5.32 Å². The highest BCUT2D eigenvalue weighted by molar-refractivity contribution is 5.30. The molecule has 1 atom stereocenters. The van der Waals surface area contributed by atoms with Gasteiger partial charge in [-0.25, -0.2) is 4.39 Å². The maximum Gasteiger partial charge on any atom is 0.137 e. The van der Waals surface area contributed by atoms with Crippen molar-refractivity contribution in [2.45, 2.75) is 50.1 Å². The van der Waals surface area contributed by atoms with Crippen LogP contribution < -0.4 is 5.32 Å². The van der Waals surface area contributed by atoms with Crippen LogP contribution >= 0.6 is 0 Å². The number of alkyl halides is 1. The van der Waals surface area contributed by atoms with Crippen LogP contribution in [0.1, 0.15) is 55.6 Å². The summed E-state index contributed by atoms with van der Waals surface area (Å²) >= 11 is 0. The summed E-state index contributed by atoms with van der Waals surface area (Å²) in [5.74, 6) is 0.741. The van der Waals surface area contributed by atoms with E-state index in [1.807, 2.05) is 12.1 Å². The monoisotopic (exact) mass is 247 g/mol. The van der Waals surface area contributed by atoms with Crippen LogP contribution in [0.3, 0.4) is 0 Å². The lowest BCUT2D eigenvalue weighted by Crippen LogP contribution is -2.22. The predicted octanol–water partition coefficient (Wildman–Crippen LogP) is 3.89. The van der Waals surface area contributed by atoms with Gasteiger partial charge in [0.05, 0.1) is 0 Å². The van der Waals surface area contributed by atoms with Gasteiger partial charge in [0.25, 0.3) is 0 Å². The molecule has 2 aliphatic rings. The number of hydrogen-bond donors (Lipinski definition) is 1. The van der Waals surface area contributed by atoms with E-state index >= 15 is 0 Å². The Bertz CT molecular complexity index is 386. The summed E-state index contributed by atoms with van der Waals surface area (Å²) in [6.07, 6.45) is 6.17. The van der Waals surface area contributed by atoms with Gasteiger partial charge in [0.15, 0.2) is 0 Å². The lowest BCUT2D eigenvalue weighted by Gasteiger charge is -2.28. The van der Waals surface area contributed by atoms with E-state index in [0.717, 1.165) is 31.0 Å². The van der Waals surface area contributed by atoms with Crippen molar-refractivity contribution in [1.82, 2.24) is 5.32 Å². The van der Waals surface area contributed by atoms with E-state index in [0.29, 0.717) is 12.8 Å². The zero-order chi connectivity index (χ0) is 12.4. The molecule has 2 heteroatoms. The Morgan fingerprint density at radius 2 is 1.78 bits per heavy atom. The highest BCUT2D eigenvalue weighted by Gasteiger charge is 2.32. The van der Waals surface area contributed by atoms with Gasteiger partial charge >= 0.3 is 0 Å².